The van der Waals surface area contributed by atoms with Crippen LogP contribution in [0.25, 0.3) is 0 Å². The van der Waals surface area contributed by atoms with Crippen LogP contribution >= 0.6 is 7.75 Å². The maximum absolute atomic E-state index is 13.7. The molecule has 1 fully saturated rings. The van der Waals surface area contributed by atoms with Crippen molar-refractivity contribution < 1.29 is 27.9 Å². The van der Waals surface area contributed by atoms with Gasteiger partial charge >= 0.3 is 19.4 Å². The highest BCUT2D eigenvalue weighted by Crippen LogP contribution is 2.46. The van der Waals surface area contributed by atoms with Gasteiger partial charge in [0, 0.05) is 18.2 Å². The van der Waals surface area contributed by atoms with Crippen LogP contribution < -0.4 is 20.9 Å². The van der Waals surface area contributed by atoms with Crippen molar-refractivity contribution >= 4 is 13.7 Å². The minimum atomic E-state index is -4.07. The molecule has 0 radical (unpaired) electrons. The Balaban J connectivity index is 1.41. The Morgan fingerprint density at radius 3 is 2.50 bits per heavy atom. The zero-order valence-electron chi connectivity index (χ0n) is 21.0. The summed E-state index contributed by atoms with van der Waals surface area (Å²) in [6, 6.07) is 17.9. The monoisotopic (exact) mass is 543 g/mol. The van der Waals surface area contributed by atoms with Crippen LogP contribution in [0.4, 0.5) is 0 Å². The fourth-order valence-corrected chi connectivity index (χ4v) is 5.55. The van der Waals surface area contributed by atoms with E-state index >= 15 is 0 Å². The van der Waals surface area contributed by atoms with Crippen LogP contribution in [0.1, 0.15) is 32.1 Å². The van der Waals surface area contributed by atoms with Crippen LogP contribution in [0, 0.1) is 5.92 Å². The summed E-state index contributed by atoms with van der Waals surface area (Å²) in [7, 11) is -4.07. The summed E-state index contributed by atoms with van der Waals surface area (Å²) in [5.74, 6) is -0.439. The van der Waals surface area contributed by atoms with E-state index in [1.807, 2.05) is 37.3 Å². The molecule has 0 bridgehead atoms. The maximum atomic E-state index is 13.7. The molecule has 2 aromatic carbocycles. The number of carbonyl (C=O) groups is 1. The molecule has 1 unspecified atom stereocenters. The molecule has 5 atom stereocenters. The van der Waals surface area contributed by atoms with Crippen LogP contribution in [-0.2, 0) is 30.0 Å². The lowest BCUT2D eigenvalue weighted by molar-refractivity contribution is -0.146. The van der Waals surface area contributed by atoms with Crippen LogP contribution in [0.2, 0.25) is 0 Å². The third kappa shape index (κ3) is 7.29. The number of hydrogen-bond acceptors (Lipinski definition) is 8. The number of nitrogens with zero attached hydrogens (tertiary/aromatic N) is 1. The van der Waals surface area contributed by atoms with Crippen molar-refractivity contribution in [1.82, 2.24) is 14.6 Å². The van der Waals surface area contributed by atoms with Crippen molar-refractivity contribution in [2.75, 3.05) is 6.61 Å². The minimum Gasteiger partial charge on any atom is -0.460 e. The van der Waals surface area contributed by atoms with Gasteiger partial charge in [0.05, 0.1) is 12.7 Å². The summed E-state index contributed by atoms with van der Waals surface area (Å²) in [5.41, 5.74) is -0.270. The highest BCUT2D eigenvalue weighted by atomic mass is 31.2. The van der Waals surface area contributed by atoms with Crippen molar-refractivity contribution in [3.63, 3.8) is 0 Å². The zero-order chi connectivity index (χ0) is 27.1. The second-order valence-corrected chi connectivity index (χ2v) is 10.7. The van der Waals surface area contributed by atoms with Crippen LogP contribution in [-0.4, -0.2) is 34.3 Å². The Bertz CT molecular complexity index is 1380. The van der Waals surface area contributed by atoms with Crippen LogP contribution in [0.5, 0.6) is 5.75 Å². The number of esters is 1. The number of aromatic amines is 1. The van der Waals surface area contributed by atoms with Crippen molar-refractivity contribution in [1.29, 1.82) is 0 Å². The van der Waals surface area contributed by atoms with Gasteiger partial charge in [-0.1, -0.05) is 55.5 Å². The molecule has 38 heavy (non-hydrogen) atoms. The Morgan fingerprint density at radius 2 is 1.82 bits per heavy atom. The Hall–Kier alpha value is -3.50. The highest BCUT2D eigenvalue weighted by Gasteiger charge is 2.38. The van der Waals surface area contributed by atoms with Gasteiger partial charge in [-0.25, -0.2) is 9.36 Å². The summed E-state index contributed by atoms with van der Waals surface area (Å²) >= 11 is 0. The number of H-pyrrole nitrogens is 1. The molecule has 2 heterocycles. The smallest absolute Gasteiger partial charge is 0.459 e. The number of ether oxygens (including phenoxy) is 2. The van der Waals surface area contributed by atoms with Crippen molar-refractivity contribution in [3.05, 3.63) is 99.3 Å². The van der Waals surface area contributed by atoms with Crippen molar-refractivity contribution in [2.24, 2.45) is 5.92 Å². The molecule has 1 aliphatic rings. The van der Waals surface area contributed by atoms with Gasteiger partial charge in [0.15, 0.2) is 0 Å². The Morgan fingerprint density at radius 1 is 1.13 bits per heavy atom. The number of rotatable bonds is 11. The summed E-state index contributed by atoms with van der Waals surface area (Å²) in [6.45, 7) is 3.33. The van der Waals surface area contributed by atoms with E-state index in [9.17, 15) is 18.9 Å². The minimum absolute atomic E-state index is 0.0652. The molecule has 0 amide bonds. The quantitative estimate of drug-likeness (QED) is 0.275. The third-order valence-corrected chi connectivity index (χ3v) is 7.55. The van der Waals surface area contributed by atoms with E-state index in [1.54, 1.807) is 30.3 Å². The lowest BCUT2D eigenvalue weighted by Crippen LogP contribution is -2.35. The zero-order valence-corrected chi connectivity index (χ0v) is 21.9. The molecule has 11 nitrogen and oxygen atoms in total. The molecule has 1 aromatic heterocycles. The first-order valence-electron chi connectivity index (χ1n) is 12.2. The number of aromatic nitrogens is 2. The lowest BCUT2D eigenvalue weighted by atomic mass is 10.1. The summed E-state index contributed by atoms with van der Waals surface area (Å²) < 4.78 is 37.8. The predicted molar refractivity (Wildman–Crippen MR) is 138 cm³/mol. The molecule has 3 aromatic rings. The van der Waals surface area contributed by atoms with E-state index in [-0.39, 0.29) is 24.9 Å². The Kier molecular flexibility index (Phi) is 8.96. The summed E-state index contributed by atoms with van der Waals surface area (Å²) in [5, 5.41) is 2.66. The largest absolute Gasteiger partial charge is 0.460 e. The molecular formula is C26H30N3O8P. The topological polar surface area (TPSA) is 138 Å². The van der Waals surface area contributed by atoms with E-state index < -0.39 is 43.3 Å². The standard InChI is InChI=1S/C26H30N3O8P/c1-18-15-22(36-24(18)29-14-13-23(30)27-26(29)32)17-35-38(33,37-21-11-7-4-8-12-21)28-19(2)25(31)34-16-20-9-5-3-6-10-20/h3-14,18-19,22,24H,15-17H2,1-2H3,(H,28,33)(H,27,30,32)/t18-,19+,22-,24+,38?/m0/s1. The van der Waals surface area contributed by atoms with Crippen LogP contribution in [0.3, 0.4) is 0 Å². The Labute approximate surface area is 219 Å². The van der Waals surface area contributed by atoms with E-state index in [2.05, 4.69) is 10.1 Å². The van der Waals surface area contributed by atoms with E-state index in [4.69, 9.17) is 18.5 Å². The van der Waals surface area contributed by atoms with Crippen LogP contribution in [0.15, 0.2) is 82.5 Å². The molecule has 0 spiro atoms. The first-order valence-corrected chi connectivity index (χ1v) is 13.7. The SMILES string of the molecule is C[C@@H](NP(=O)(OC[C@@H]1C[C@H](C)[C@H](n2ccc(=O)[nH]c2=O)O1)Oc1ccccc1)C(=O)OCc1ccccc1. The van der Waals surface area contributed by atoms with Gasteiger partial charge in [0.1, 0.15) is 24.6 Å². The predicted octanol–water partition coefficient (Wildman–Crippen LogP) is 3.39. The fraction of sp³-hybridized carbons (Fsp3) is 0.346. The van der Waals surface area contributed by atoms with Gasteiger partial charge in [0.2, 0.25) is 0 Å². The molecule has 1 saturated heterocycles. The second-order valence-electron chi connectivity index (χ2n) is 9.02. The second kappa shape index (κ2) is 12.4. The van der Waals surface area contributed by atoms with Gasteiger partial charge in [-0.3, -0.25) is 23.7 Å². The van der Waals surface area contributed by atoms with Crippen molar-refractivity contribution in [3.8, 4) is 5.75 Å². The van der Waals surface area contributed by atoms with Gasteiger partial charge in [-0.05, 0) is 31.0 Å². The third-order valence-electron chi connectivity index (χ3n) is 5.91. The van der Waals surface area contributed by atoms with Gasteiger partial charge in [-0.2, -0.15) is 5.09 Å². The number of para-hydroxylation sites is 1. The highest BCUT2D eigenvalue weighted by molar-refractivity contribution is 7.52. The fourth-order valence-electron chi connectivity index (χ4n) is 4.03. The molecule has 4 rings (SSSR count). The molecule has 202 valence electrons. The lowest BCUT2D eigenvalue weighted by Gasteiger charge is -2.24. The van der Waals surface area contributed by atoms with E-state index in [0.29, 0.717) is 6.42 Å². The maximum Gasteiger partial charge on any atom is 0.459 e. The molecular weight excluding hydrogens is 513 g/mol. The van der Waals surface area contributed by atoms with Gasteiger partial charge in [-0.15, -0.1) is 0 Å². The average molecular weight is 544 g/mol. The van der Waals surface area contributed by atoms with Gasteiger partial charge < -0.3 is 14.0 Å². The number of hydrogen-bond donors (Lipinski definition) is 2. The summed E-state index contributed by atoms with van der Waals surface area (Å²) in [6.07, 6.45) is 0.709. The first kappa shape index (κ1) is 27.5. The molecule has 1 aliphatic heterocycles. The molecule has 12 heteroatoms. The van der Waals surface area contributed by atoms with E-state index in [0.717, 1.165) is 5.56 Å². The number of carbonyl (C=O) groups excluding carboxylic acids is 1. The van der Waals surface area contributed by atoms with E-state index in [1.165, 1.54) is 23.8 Å². The average Bonchev–Trinajstić information content (AvgIpc) is 3.27. The number of benzene rings is 2. The molecule has 0 saturated carbocycles. The van der Waals surface area contributed by atoms with Gasteiger partial charge in [0.25, 0.3) is 5.56 Å². The number of nitrogens with one attached hydrogen (secondary N) is 2. The first-order chi connectivity index (χ1) is 18.2. The summed E-state index contributed by atoms with van der Waals surface area (Å²) in [4.78, 5) is 38.4. The molecule has 2 N–H and O–H groups in total. The van der Waals surface area contributed by atoms with Crippen molar-refractivity contribution in [2.45, 2.75) is 45.2 Å². The normalized spacial score (nSPS) is 21.4. The molecule has 0 aliphatic carbocycles.